The third-order valence-corrected chi connectivity index (χ3v) is 5.06. The molecule has 3 rings (SSSR count). The van der Waals surface area contributed by atoms with Gasteiger partial charge in [-0.25, -0.2) is 4.79 Å². The highest BCUT2D eigenvalue weighted by molar-refractivity contribution is 6.33. The normalized spacial score (nSPS) is 18.8. The van der Waals surface area contributed by atoms with Gasteiger partial charge in [0.1, 0.15) is 0 Å². The minimum absolute atomic E-state index is 0.0746. The lowest BCUT2D eigenvalue weighted by Gasteiger charge is -2.37. The molecule has 26 heavy (non-hydrogen) atoms. The Bertz CT molecular complexity index is 666. The van der Waals surface area contributed by atoms with Crippen molar-refractivity contribution in [3.05, 3.63) is 28.8 Å². The molecule has 7 nitrogen and oxygen atoms in total. The van der Waals surface area contributed by atoms with Crippen LogP contribution in [0, 0.1) is 0 Å². The van der Waals surface area contributed by atoms with Crippen LogP contribution in [0.5, 0.6) is 0 Å². The van der Waals surface area contributed by atoms with E-state index < -0.39 is 11.8 Å². The maximum absolute atomic E-state index is 12.4. The van der Waals surface area contributed by atoms with Gasteiger partial charge >= 0.3 is 5.97 Å². The fourth-order valence-electron chi connectivity index (χ4n) is 3.25. The highest BCUT2D eigenvalue weighted by Gasteiger charge is 2.40. The summed E-state index contributed by atoms with van der Waals surface area (Å²) in [5, 5.41) is 3.60. The van der Waals surface area contributed by atoms with Gasteiger partial charge in [0, 0.05) is 38.9 Å². The summed E-state index contributed by atoms with van der Waals surface area (Å²) >= 11 is 6.14. The predicted molar refractivity (Wildman–Crippen MR) is 96.3 cm³/mol. The fourth-order valence-corrected chi connectivity index (χ4v) is 3.43. The number of methoxy groups -OCH3 is 1. The minimum atomic E-state index is -0.475. The second-order valence-electron chi connectivity index (χ2n) is 6.35. The van der Waals surface area contributed by atoms with E-state index in [-0.39, 0.29) is 5.91 Å². The SMILES string of the molecule is COC(=O)c1ccc(Cl)c(NCCC(=O)N2CCC3(CC2)OCCO3)c1. The first-order chi connectivity index (χ1) is 12.5. The Morgan fingerprint density at radius 3 is 2.62 bits per heavy atom. The number of ether oxygens (including phenoxy) is 3. The zero-order valence-electron chi connectivity index (χ0n) is 14.8. The number of amides is 1. The smallest absolute Gasteiger partial charge is 0.337 e. The molecule has 0 bridgehead atoms. The molecule has 2 aliphatic heterocycles. The summed E-state index contributed by atoms with van der Waals surface area (Å²) in [7, 11) is 1.33. The lowest BCUT2D eigenvalue weighted by atomic mass is 10.0. The van der Waals surface area contributed by atoms with Gasteiger partial charge in [0.2, 0.25) is 5.91 Å². The Hall–Kier alpha value is -1.83. The van der Waals surface area contributed by atoms with Crippen molar-refractivity contribution in [1.82, 2.24) is 4.90 Å². The molecule has 8 heteroatoms. The van der Waals surface area contributed by atoms with Gasteiger partial charge in [-0.1, -0.05) is 11.6 Å². The number of piperidine rings is 1. The number of likely N-dealkylation sites (tertiary alicyclic amines) is 1. The van der Waals surface area contributed by atoms with Crippen molar-refractivity contribution in [2.24, 2.45) is 0 Å². The molecule has 0 aliphatic carbocycles. The third-order valence-electron chi connectivity index (χ3n) is 4.73. The maximum Gasteiger partial charge on any atom is 0.337 e. The number of benzene rings is 1. The number of carbonyl (C=O) groups excluding carboxylic acids is 2. The van der Waals surface area contributed by atoms with E-state index in [4.69, 9.17) is 25.8 Å². The quantitative estimate of drug-likeness (QED) is 0.787. The lowest BCUT2D eigenvalue weighted by molar-refractivity contribution is -0.187. The summed E-state index contributed by atoms with van der Waals surface area (Å²) in [6.45, 7) is 2.96. The Balaban J connectivity index is 1.47. The van der Waals surface area contributed by atoms with Gasteiger partial charge in [0.25, 0.3) is 0 Å². The zero-order valence-corrected chi connectivity index (χ0v) is 15.5. The zero-order chi connectivity index (χ0) is 18.6. The summed E-state index contributed by atoms with van der Waals surface area (Å²) in [6, 6.07) is 4.85. The first-order valence-corrected chi connectivity index (χ1v) is 9.08. The van der Waals surface area contributed by atoms with Crippen molar-refractivity contribution in [2.75, 3.05) is 45.3 Å². The topological polar surface area (TPSA) is 77.1 Å². The van der Waals surface area contributed by atoms with Crippen LogP contribution in [0.3, 0.4) is 0 Å². The highest BCUT2D eigenvalue weighted by atomic mass is 35.5. The van der Waals surface area contributed by atoms with E-state index >= 15 is 0 Å². The molecule has 142 valence electrons. The highest BCUT2D eigenvalue weighted by Crippen LogP contribution is 2.31. The molecule has 2 fully saturated rings. The molecule has 0 aromatic heterocycles. The first-order valence-electron chi connectivity index (χ1n) is 8.70. The molecule has 2 saturated heterocycles. The Kier molecular flexibility index (Phi) is 6.01. The van der Waals surface area contributed by atoms with E-state index in [1.54, 1.807) is 18.2 Å². The number of esters is 1. The molecule has 0 radical (unpaired) electrons. The van der Waals surface area contributed by atoms with E-state index in [1.807, 2.05) is 4.90 Å². The maximum atomic E-state index is 12.4. The number of anilines is 1. The first kappa shape index (κ1) is 18.9. The molecule has 1 aromatic carbocycles. The van der Waals surface area contributed by atoms with Crippen LogP contribution >= 0.6 is 11.6 Å². The number of halogens is 1. The lowest BCUT2D eigenvalue weighted by Crippen LogP contribution is -2.47. The Morgan fingerprint density at radius 2 is 1.96 bits per heavy atom. The van der Waals surface area contributed by atoms with Crippen molar-refractivity contribution in [2.45, 2.75) is 25.0 Å². The number of carbonyl (C=O) groups is 2. The molecule has 2 aliphatic rings. The summed E-state index contributed by atoms with van der Waals surface area (Å²) in [6.07, 6.45) is 1.76. The molecular weight excluding hydrogens is 360 g/mol. The third kappa shape index (κ3) is 4.28. The monoisotopic (exact) mass is 382 g/mol. The average molecular weight is 383 g/mol. The number of hydrogen-bond acceptors (Lipinski definition) is 6. The summed E-state index contributed by atoms with van der Waals surface area (Å²) < 4.78 is 16.1. The van der Waals surface area contributed by atoms with E-state index in [0.717, 1.165) is 0 Å². The van der Waals surface area contributed by atoms with E-state index in [9.17, 15) is 9.59 Å². The van der Waals surface area contributed by atoms with Crippen LogP contribution in [0.1, 0.15) is 29.6 Å². The Labute approximate surface area is 157 Å². The summed E-state index contributed by atoms with van der Waals surface area (Å²) in [4.78, 5) is 25.8. The van der Waals surface area contributed by atoms with Crippen molar-refractivity contribution in [3.8, 4) is 0 Å². The van der Waals surface area contributed by atoms with Crippen molar-refractivity contribution < 1.29 is 23.8 Å². The van der Waals surface area contributed by atoms with Crippen molar-refractivity contribution in [1.29, 1.82) is 0 Å². The number of rotatable bonds is 5. The summed E-state index contributed by atoms with van der Waals surface area (Å²) in [5.41, 5.74) is 1.01. The van der Waals surface area contributed by atoms with E-state index in [0.29, 0.717) is 68.4 Å². The van der Waals surface area contributed by atoms with Gasteiger partial charge in [-0.3, -0.25) is 4.79 Å². The van der Waals surface area contributed by atoms with Gasteiger partial charge in [-0.15, -0.1) is 0 Å². The second-order valence-corrected chi connectivity index (χ2v) is 6.76. The van der Waals surface area contributed by atoms with Gasteiger partial charge in [0.05, 0.1) is 36.6 Å². The number of hydrogen-bond donors (Lipinski definition) is 1. The van der Waals surface area contributed by atoms with Crippen molar-refractivity contribution >= 4 is 29.2 Å². The summed E-state index contributed by atoms with van der Waals surface area (Å²) in [5.74, 6) is -0.832. The molecule has 0 unspecified atom stereocenters. The standard InChI is InChI=1S/C18H23ClN2O5/c1-24-17(23)13-2-3-14(19)15(12-13)20-7-4-16(22)21-8-5-18(6-9-21)25-10-11-26-18/h2-3,12,20H,4-11H2,1H3. The molecule has 0 saturated carbocycles. The predicted octanol–water partition coefficient (Wildman–Crippen LogP) is 2.29. The Morgan fingerprint density at radius 1 is 1.27 bits per heavy atom. The molecule has 2 heterocycles. The molecule has 1 N–H and O–H groups in total. The minimum Gasteiger partial charge on any atom is -0.465 e. The molecule has 0 atom stereocenters. The second kappa shape index (κ2) is 8.24. The molecule has 1 spiro atoms. The number of nitrogens with zero attached hydrogens (tertiary/aromatic N) is 1. The molecule has 1 amide bonds. The van der Waals surface area contributed by atoms with Crippen LogP contribution < -0.4 is 5.32 Å². The number of nitrogens with one attached hydrogen (secondary N) is 1. The van der Waals surface area contributed by atoms with Crippen LogP contribution in [-0.2, 0) is 19.0 Å². The van der Waals surface area contributed by atoms with E-state index in [2.05, 4.69) is 5.32 Å². The van der Waals surface area contributed by atoms with Crippen LogP contribution in [0.25, 0.3) is 0 Å². The van der Waals surface area contributed by atoms with E-state index in [1.165, 1.54) is 7.11 Å². The van der Waals surface area contributed by atoms with Crippen LogP contribution in [-0.4, -0.2) is 62.5 Å². The van der Waals surface area contributed by atoms with Crippen molar-refractivity contribution in [3.63, 3.8) is 0 Å². The van der Waals surface area contributed by atoms with Gasteiger partial charge in [-0.05, 0) is 18.2 Å². The molecular formula is C18H23ClN2O5. The van der Waals surface area contributed by atoms with Crippen LogP contribution in [0.15, 0.2) is 18.2 Å². The van der Waals surface area contributed by atoms with Crippen LogP contribution in [0.4, 0.5) is 5.69 Å². The van der Waals surface area contributed by atoms with Gasteiger partial charge in [0.15, 0.2) is 5.79 Å². The van der Waals surface area contributed by atoms with Crippen LogP contribution in [0.2, 0.25) is 5.02 Å². The fraction of sp³-hybridized carbons (Fsp3) is 0.556. The van der Waals surface area contributed by atoms with Gasteiger partial charge < -0.3 is 24.4 Å². The molecule has 1 aromatic rings. The van der Waals surface area contributed by atoms with Gasteiger partial charge in [-0.2, -0.15) is 0 Å². The average Bonchev–Trinajstić information content (AvgIpc) is 3.11. The largest absolute Gasteiger partial charge is 0.465 e.